The second-order valence-electron chi connectivity index (χ2n) is 7.17. The third-order valence-electron chi connectivity index (χ3n) is 5.14. The summed E-state index contributed by atoms with van der Waals surface area (Å²) in [6.45, 7) is 1.55. The molecule has 2 aromatic carbocycles. The Morgan fingerprint density at radius 1 is 0.900 bits per heavy atom. The molecule has 30 heavy (non-hydrogen) atoms. The molecule has 0 bridgehead atoms. The molecule has 0 radical (unpaired) electrons. The number of piperidine rings is 1. The van der Waals surface area contributed by atoms with E-state index < -0.39 is 11.8 Å². The van der Waals surface area contributed by atoms with Gasteiger partial charge >= 0.3 is 0 Å². The number of nitrogens with one attached hydrogen (secondary N) is 1. The molecule has 0 atom stereocenters. The summed E-state index contributed by atoms with van der Waals surface area (Å²) in [5.41, 5.74) is 1.45. The number of carbonyl (C=O) groups is 3. The van der Waals surface area contributed by atoms with Crippen molar-refractivity contribution in [3.05, 3.63) is 69.8 Å². The van der Waals surface area contributed by atoms with E-state index in [0.717, 1.165) is 37.3 Å². The van der Waals surface area contributed by atoms with Crippen LogP contribution in [0.15, 0.2) is 59.3 Å². The van der Waals surface area contributed by atoms with E-state index in [0.29, 0.717) is 22.0 Å². The zero-order chi connectivity index (χ0) is 21.3. The first-order chi connectivity index (χ1) is 14.5. The lowest BCUT2D eigenvalue weighted by molar-refractivity contribution is -0.120. The molecular formula is C22H19Cl2N3O3. The standard InChI is InChI=1S/C22H19Cl2N3O3/c23-15-5-4-6-17(13-15)27-21(29)18(24)19(22(27)30)25-16-9-7-14(8-10-16)20(28)26-11-2-1-3-12-26/h4-10,13,25H,1-3,11-12H2. The largest absolute Gasteiger partial charge is 0.350 e. The predicted molar refractivity (Wildman–Crippen MR) is 117 cm³/mol. The van der Waals surface area contributed by atoms with Crippen molar-refractivity contribution in [3.8, 4) is 0 Å². The highest BCUT2D eigenvalue weighted by Crippen LogP contribution is 2.31. The van der Waals surface area contributed by atoms with Crippen molar-refractivity contribution in [2.75, 3.05) is 23.3 Å². The van der Waals surface area contributed by atoms with Crippen molar-refractivity contribution in [2.24, 2.45) is 0 Å². The van der Waals surface area contributed by atoms with Crippen LogP contribution in [0.4, 0.5) is 11.4 Å². The molecule has 2 aliphatic rings. The average Bonchev–Trinajstić information content (AvgIpc) is 2.97. The molecule has 2 heterocycles. The van der Waals surface area contributed by atoms with E-state index in [1.807, 2.05) is 4.90 Å². The second kappa shape index (κ2) is 8.50. The summed E-state index contributed by atoms with van der Waals surface area (Å²) >= 11 is 12.1. The monoisotopic (exact) mass is 443 g/mol. The summed E-state index contributed by atoms with van der Waals surface area (Å²) in [5, 5.41) is 3.11. The highest BCUT2D eigenvalue weighted by Gasteiger charge is 2.39. The lowest BCUT2D eigenvalue weighted by Gasteiger charge is -2.26. The molecule has 1 N–H and O–H groups in total. The normalized spacial score (nSPS) is 17.0. The van der Waals surface area contributed by atoms with Gasteiger partial charge in [-0.25, -0.2) is 4.90 Å². The Bertz CT molecular complexity index is 1040. The number of hydrogen-bond donors (Lipinski definition) is 1. The van der Waals surface area contributed by atoms with Crippen LogP contribution in [0.1, 0.15) is 29.6 Å². The van der Waals surface area contributed by atoms with E-state index in [9.17, 15) is 14.4 Å². The lowest BCUT2D eigenvalue weighted by atomic mass is 10.1. The highest BCUT2D eigenvalue weighted by atomic mass is 35.5. The maximum Gasteiger partial charge on any atom is 0.283 e. The molecular weight excluding hydrogens is 425 g/mol. The fourth-order valence-electron chi connectivity index (χ4n) is 3.58. The van der Waals surface area contributed by atoms with Gasteiger partial charge in [0, 0.05) is 29.4 Å². The van der Waals surface area contributed by atoms with Gasteiger partial charge in [-0.3, -0.25) is 14.4 Å². The van der Waals surface area contributed by atoms with Crippen LogP contribution in [0.25, 0.3) is 0 Å². The van der Waals surface area contributed by atoms with Crippen LogP contribution in [0.3, 0.4) is 0 Å². The van der Waals surface area contributed by atoms with Gasteiger partial charge in [0.15, 0.2) is 0 Å². The Kier molecular flexibility index (Phi) is 5.79. The summed E-state index contributed by atoms with van der Waals surface area (Å²) in [5.74, 6) is -1.19. The van der Waals surface area contributed by atoms with E-state index >= 15 is 0 Å². The van der Waals surface area contributed by atoms with Gasteiger partial charge in [0.05, 0.1) is 5.69 Å². The second-order valence-corrected chi connectivity index (χ2v) is 7.98. The highest BCUT2D eigenvalue weighted by molar-refractivity contribution is 6.53. The molecule has 2 aliphatic heterocycles. The van der Waals surface area contributed by atoms with Gasteiger partial charge in [-0.2, -0.15) is 0 Å². The van der Waals surface area contributed by atoms with Crippen molar-refractivity contribution < 1.29 is 14.4 Å². The van der Waals surface area contributed by atoms with Crippen molar-refractivity contribution in [1.29, 1.82) is 0 Å². The molecule has 3 amide bonds. The Balaban J connectivity index is 1.50. The fraction of sp³-hybridized carbons (Fsp3) is 0.227. The molecule has 0 saturated carbocycles. The zero-order valence-corrected chi connectivity index (χ0v) is 17.5. The number of hydrogen-bond acceptors (Lipinski definition) is 4. The minimum Gasteiger partial charge on any atom is -0.350 e. The number of benzene rings is 2. The summed E-state index contributed by atoms with van der Waals surface area (Å²) in [7, 11) is 0. The number of imide groups is 1. The Labute approximate surface area is 184 Å². The number of amides is 3. The number of rotatable bonds is 4. The van der Waals surface area contributed by atoms with Crippen molar-refractivity contribution in [3.63, 3.8) is 0 Å². The van der Waals surface area contributed by atoms with Gasteiger partial charge < -0.3 is 10.2 Å². The fourth-order valence-corrected chi connectivity index (χ4v) is 3.98. The molecule has 6 nitrogen and oxygen atoms in total. The molecule has 154 valence electrons. The van der Waals surface area contributed by atoms with Crippen LogP contribution in [-0.2, 0) is 9.59 Å². The summed E-state index contributed by atoms with van der Waals surface area (Å²) < 4.78 is 0. The molecule has 0 aliphatic carbocycles. The average molecular weight is 444 g/mol. The summed E-state index contributed by atoms with van der Waals surface area (Å²) in [4.78, 5) is 40.8. The lowest BCUT2D eigenvalue weighted by Crippen LogP contribution is -2.35. The molecule has 0 aromatic heterocycles. The van der Waals surface area contributed by atoms with Gasteiger partial charge in [0.2, 0.25) is 0 Å². The van der Waals surface area contributed by atoms with Crippen molar-refractivity contribution in [1.82, 2.24) is 4.90 Å². The SMILES string of the molecule is O=C(c1ccc(NC2=C(Cl)C(=O)N(c3cccc(Cl)c3)C2=O)cc1)N1CCCCC1. The van der Waals surface area contributed by atoms with E-state index in [2.05, 4.69) is 5.32 Å². The van der Waals surface area contributed by atoms with Crippen molar-refractivity contribution >= 4 is 52.3 Å². The summed E-state index contributed by atoms with van der Waals surface area (Å²) in [6.07, 6.45) is 3.20. The van der Waals surface area contributed by atoms with E-state index in [1.54, 1.807) is 42.5 Å². The first kappa shape index (κ1) is 20.4. The van der Waals surface area contributed by atoms with Gasteiger partial charge in [-0.05, 0) is 61.7 Å². The maximum atomic E-state index is 12.8. The predicted octanol–water partition coefficient (Wildman–Crippen LogP) is 4.40. The van der Waals surface area contributed by atoms with Crippen LogP contribution >= 0.6 is 23.2 Å². The Hall–Kier alpha value is -2.83. The molecule has 4 rings (SSSR count). The summed E-state index contributed by atoms with van der Waals surface area (Å²) in [6, 6.07) is 13.2. The molecule has 8 heteroatoms. The molecule has 0 unspecified atom stereocenters. The molecule has 2 aromatic rings. The topological polar surface area (TPSA) is 69.7 Å². The van der Waals surface area contributed by atoms with Crippen LogP contribution in [0.5, 0.6) is 0 Å². The molecule has 0 spiro atoms. The molecule has 1 saturated heterocycles. The minimum absolute atomic E-state index is 0.00208. The van der Waals surface area contributed by atoms with Gasteiger partial charge in [-0.15, -0.1) is 0 Å². The van der Waals surface area contributed by atoms with Crippen molar-refractivity contribution in [2.45, 2.75) is 19.3 Å². The van der Waals surface area contributed by atoms with Crippen LogP contribution < -0.4 is 10.2 Å². The zero-order valence-electron chi connectivity index (χ0n) is 16.0. The number of anilines is 2. The third kappa shape index (κ3) is 3.93. The van der Waals surface area contributed by atoms with Gasteiger partial charge in [0.25, 0.3) is 17.7 Å². The van der Waals surface area contributed by atoms with Crippen LogP contribution in [-0.4, -0.2) is 35.7 Å². The minimum atomic E-state index is -0.622. The van der Waals surface area contributed by atoms with Crippen LogP contribution in [0, 0.1) is 0 Å². The van der Waals surface area contributed by atoms with Gasteiger partial charge in [0.1, 0.15) is 10.7 Å². The Morgan fingerprint density at radius 3 is 2.27 bits per heavy atom. The first-order valence-electron chi connectivity index (χ1n) is 9.66. The number of nitrogens with zero attached hydrogens (tertiary/aromatic N) is 2. The maximum absolute atomic E-state index is 12.8. The Morgan fingerprint density at radius 2 is 1.60 bits per heavy atom. The number of carbonyl (C=O) groups excluding carboxylic acids is 3. The third-order valence-corrected chi connectivity index (χ3v) is 5.72. The van der Waals surface area contributed by atoms with Crippen LogP contribution in [0.2, 0.25) is 5.02 Å². The smallest absolute Gasteiger partial charge is 0.283 e. The number of halogens is 2. The van der Waals surface area contributed by atoms with E-state index in [4.69, 9.17) is 23.2 Å². The van der Waals surface area contributed by atoms with Gasteiger partial charge in [-0.1, -0.05) is 29.3 Å². The van der Waals surface area contributed by atoms with E-state index in [-0.39, 0.29) is 16.6 Å². The number of likely N-dealkylation sites (tertiary alicyclic amines) is 1. The molecule has 1 fully saturated rings. The quantitative estimate of drug-likeness (QED) is 0.710. The van der Waals surface area contributed by atoms with E-state index in [1.165, 1.54) is 6.07 Å². The first-order valence-corrected chi connectivity index (χ1v) is 10.4.